The summed E-state index contributed by atoms with van der Waals surface area (Å²) in [5.74, 6) is 2.86. The van der Waals surface area contributed by atoms with Crippen LogP contribution in [0.2, 0.25) is 0 Å². The first kappa shape index (κ1) is 24.6. The van der Waals surface area contributed by atoms with E-state index in [-0.39, 0.29) is 34.1 Å². The van der Waals surface area contributed by atoms with Crippen molar-refractivity contribution in [3.8, 4) is 0 Å². The minimum Gasteiger partial charge on any atom is -0.462 e. The fourth-order valence-corrected chi connectivity index (χ4v) is 8.90. The molecule has 0 aromatic heterocycles. The molecule has 2 spiro atoms. The lowest BCUT2D eigenvalue weighted by atomic mass is 9.44. The lowest BCUT2D eigenvalue weighted by Gasteiger charge is -2.69. The van der Waals surface area contributed by atoms with E-state index < -0.39 is 0 Å². The number of rotatable bonds is 5. The number of fused-ring (bicyclic) bond motifs is 3. The van der Waals surface area contributed by atoms with Crippen LogP contribution < -0.4 is 0 Å². The van der Waals surface area contributed by atoms with Crippen LogP contribution in [-0.2, 0) is 19.3 Å². The van der Waals surface area contributed by atoms with Crippen molar-refractivity contribution >= 4 is 5.97 Å². The van der Waals surface area contributed by atoms with E-state index in [9.17, 15) is 4.79 Å². The molecule has 0 N–H and O–H groups in total. The highest BCUT2D eigenvalue weighted by Crippen LogP contribution is 2.73. The van der Waals surface area contributed by atoms with Gasteiger partial charge in [0.1, 0.15) is 17.3 Å². The Kier molecular flexibility index (Phi) is 5.92. The van der Waals surface area contributed by atoms with Crippen LogP contribution in [0.15, 0.2) is 23.8 Å². The zero-order valence-electron chi connectivity index (χ0n) is 22.5. The largest absolute Gasteiger partial charge is 0.462 e. The molecule has 4 aliphatic carbocycles. The highest BCUT2D eigenvalue weighted by atomic mass is 17.2. The summed E-state index contributed by atoms with van der Waals surface area (Å²) in [6.45, 7) is 15.8. The van der Waals surface area contributed by atoms with Crippen molar-refractivity contribution in [3.05, 3.63) is 23.8 Å². The van der Waals surface area contributed by atoms with E-state index in [1.54, 1.807) is 0 Å². The topological polar surface area (TPSA) is 44.8 Å². The van der Waals surface area contributed by atoms with E-state index in [4.69, 9.17) is 14.5 Å². The number of hydrogen-bond acceptors (Lipinski definition) is 4. The predicted octanol–water partition coefficient (Wildman–Crippen LogP) is 7.19. The van der Waals surface area contributed by atoms with Crippen LogP contribution in [0.3, 0.4) is 0 Å². The maximum Gasteiger partial charge on any atom is 0.302 e. The van der Waals surface area contributed by atoms with Gasteiger partial charge in [0.15, 0.2) is 0 Å². The number of allylic oxidation sites excluding steroid dienone is 3. The lowest BCUT2D eigenvalue weighted by Crippen LogP contribution is -2.71. The average molecular weight is 471 g/mol. The fraction of sp³-hybridized carbons (Fsp3) is 0.833. The molecule has 9 atom stereocenters. The van der Waals surface area contributed by atoms with Crippen LogP contribution in [0.25, 0.3) is 0 Å². The van der Waals surface area contributed by atoms with Crippen molar-refractivity contribution in [2.75, 3.05) is 0 Å². The van der Waals surface area contributed by atoms with E-state index in [0.717, 1.165) is 38.5 Å². The zero-order chi connectivity index (χ0) is 24.5. The average Bonchev–Trinajstić information content (AvgIpc) is 3.14. The Balaban J connectivity index is 1.43. The molecule has 2 saturated heterocycles. The van der Waals surface area contributed by atoms with Crippen LogP contribution >= 0.6 is 0 Å². The number of carbonyl (C=O) groups excluding carboxylic acids is 1. The molecule has 2 bridgehead atoms. The second-order valence-electron chi connectivity index (χ2n) is 13.3. The summed E-state index contributed by atoms with van der Waals surface area (Å²) in [5.41, 5.74) is 1.08. The van der Waals surface area contributed by atoms with Gasteiger partial charge in [-0.25, -0.2) is 9.78 Å². The molecule has 190 valence electrons. The molecule has 3 saturated carbocycles. The van der Waals surface area contributed by atoms with Crippen LogP contribution in [0, 0.1) is 40.4 Å². The number of hydrogen-bond donors (Lipinski definition) is 0. The van der Waals surface area contributed by atoms with Crippen molar-refractivity contribution in [1.29, 1.82) is 0 Å². The standard InChI is InChI=1S/C30H46O4/c1-19(2)20(3)8-9-21(4)24-10-11-25-27(24,6)14-13-26-28(7)15-12-23(32-22(5)31)18-29(28)16-17-30(25,26)34-33-29/h8-9,13,19-21,23-25H,10-12,14-18H2,1-7H3/b9-8+/t20-,21+,23+,24-,25-,27+,28+,29+,30-/m0/s1. The Bertz CT molecular complexity index is 878. The van der Waals surface area contributed by atoms with Gasteiger partial charge in [-0.15, -0.1) is 0 Å². The lowest BCUT2D eigenvalue weighted by molar-refractivity contribution is -0.494. The van der Waals surface area contributed by atoms with Gasteiger partial charge in [0, 0.05) is 24.7 Å². The Morgan fingerprint density at radius 1 is 1.06 bits per heavy atom. The molecule has 2 heterocycles. The third kappa shape index (κ3) is 3.34. The molecule has 0 amide bonds. The summed E-state index contributed by atoms with van der Waals surface area (Å²) >= 11 is 0. The third-order valence-corrected chi connectivity index (χ3v) is 11.3. The summed E-state index contributed by atoms with van der Waals surface area (Å²) < 4.78 is 5.64. The molecule has 34 heavy (non-hydrogen) atoms. The third-order valence-electron chi connectivity index (χ3n) is 11.3. The minimum atomic E-state index is -0.367. The van der Waals surface area contributed by atoms with Gasteiger partial charge >= 0.3 is 5.97 Å². The Morgan fingerprint density at radius 2 is 1.82 bits per heavy atom. The van der Waals surface area contributed by atoms with Crippen LogP contribution in [0.5, 0.6) is 0 Å². The Morgan fingerprint density at radius 3 is 2.47 bits per heavy atom. The van der Waals surface area contributed by atoms with Gasteiger partial charge in [-0.05, 0) is 79.6 Å². The Labute approximate surface area is 206 Å². The summed E-state index contributed by atoms with van der Waals surface area (Å²) in [6.07, 6.45) is 15.8. The smallest absolute Gasteiger partial charge is 0.302 e. The molecule has 4 nitrogen and oxygen atoms in total. The quantitative estimate of drug-likeness (QED) is 0.242. The van der Waals surface area contributed by atoms with E-state index >= 15 is 0 Å². The molecule has 5 fully saturated rings. The van der Waals surface area contributed by atoms with Crippen molar-refractivity contribution in [1.82, 2.24) is 0 Å². The predicted molar refractivity (Wildman–Crippen MR) is 134 cm³/mol. The molecule has 0 aromatic rings. The maximum absolute atomic E-state index is 11.6. The molecule has 4 heteroatoms. The van der Waals surface area contributed by atoms with Crippen molar-refractivity contribution in [2.45, 2.75) is 117 Å². The van der Waals surface area contributed by atoms with Crippen LogP contribution in [0.4, 0.5) is 0 Å². The number of esters is 1. The summed E-state index contributed by atoms with van der Waals surface area (Å²) in [6, 6.07) is 0. The summed E-state index contributed by atoms with van der Waals surface area (Å²) in [7, 11) is 0. The highest BCUT2D eigenvalue weighted by Gasteiger charge is 2.73. The second-order valence-corrected chi connectivity index (χ2v) is 13.3. The van der Waals surface area contributed by atoms with Gasteiger partial charge in [0.25, 0.3) is 0 Å². The molecule has 6 aliphatic rings. The van der Waals surface area contributed by atoms with E-state index in [0.29, 0.717) is 29.6 Å². The first-order chi connectivity index (χ1) is 16.0. The molecular weight excluding hydrogens is 424 g/mol. The minimum absolute atomic E-state index is 0.0300. The maximum atomic E-state index is 11.6. The Hall–Kier alpha value is -1.13. The van der Waals surface area contributed by atoms with Gasteiger partial charge in [-0.3, -0.25) is 4.79 Å². The molecule has 2 aliphatic heterocycles. The number of carbonyl (C=O) groups is 1. The van der Waals surface area contributed by atoms with Gasteiger partial charge < -0.3 is 4.74 Å². The fourth-order valence-electron chi connectivity index (χ4n) is 8.90. The number of ether oxygens (including phenoxy) is 1. The first-order valence-electron chi connectivity index (χ1n) is 13.9. The zero-order valence-corrected chi connectivity index (χ0v) is 22.5. The monoisotopic (exact) mass is 470 g/mol. The normalized spacial score (nSPS) is 47.1. The van der Waals surface area contributed by atoms with Gasteiger partial charge in [-0.1, -0.05) is 59.8 Å². The molecule has 0 aromatic carbocycles. The molecule has 0 unspecified atom stereocenters. The SMILES string of the molecule is CC(=O)O[C@@H]1CC[C@]2(C)C3=CC[C@]4(C)[C@H]([C@H](C)/C=C/[C@H](C)C(C)C)CC[C@@H]4[C@@]34CC[C@]2(C1)OO4. The molecule has 6 rings (SSSR count). The summed E-state index contributed by atoms with van der Waals surface area (Å²) in [5, 5.41) is 0. The molecular formula is C30H46O4. The van der Waals surface area contributed by atoms with Crippen LogP contribution in [-0.4, -0.2) is 23.3 Å². The van der Waals surface area contributed by atoms with Gasteiger partial charge in [0.05, 0.1) is 0 Å². The van der Waals surface area contributed by atoms with Crippen molar-refractivity contribution < 1.29 is 19.3 Å². The van der Waals surface area contributed by atoms with E-state index in [2.05, 4.69) is 59.8 Å². The van der Waals surface area contributed by atoms with Crippen molar-refractivity contribution in [2.24, 2.45) is 40.4 Å². The first-order valence-corrected chi connectivity index (χ1v) is 13.9. The van der Waals surface area contributed by atoms with E-state index in [1.807, 2.05) is 0 Å². The highest BCUT2D eigenvalue weighted by molar-refractivity contribution is 5.66. The van der Waals surface area contributed by atoms with Gasteiger partial charge in [0.2, 0.25) is 0 Å². The van der Waals surface area contributed by atoms with Crippen LogP contribution in [0.1, 0.15) is 99.8 Å². The second kappa shape index (κ2) is 8.20. The summed E-state index contributed by atoms with van der Waals surface area (Å²) in [4.78, 5) is 24.6. The van der Waals surface area contributed by atoms with E-state index in [1.165, 1.54) is 25.3 Å². The van der Waals surface area contributed by atoms with Gasteiger partial charge in [-0.2, -0.15) is 0 Å². The van der Waals surface area contributed by atoms with Crippen molar-refractivity contribution in [3.63, 3.8) is 0 Å². The molecule has 0 radical (unpaired) electrons.